The SMILES string of the molecule is Cc1ccc(F)c(NC2CC3CCC(C2)N3C(=O)OC(C)(C)C)c1. The Bertz CT molecular complexity index is 612. The summed E-state index contributed by atoms with van der Waals surface area (Å²) in [6.07, 6.45) is 3.46. The molecule has 1 N–H and O–H groups in total. The summed E-state index contributed by atoms with van der Waals surface area (Å²) in [5.74, 6) is -0.220. The van der Waals surface area contributed by atoms with Gasteiger partial charge < -0.3 is 15.0 Å². The van der Waals surface area contributed by atoms with E-state index in [4.69, 9.17) is 4.74 Å². The average Bonchev–Trinajstić information content (AvgIpc) is 2.73. The van der Waals surface area contributed by atoms with Gasteiger partial charge in [0.15, 0.2) is 0 Å². The number of piperidine rings is 1. The Morgan fingerprint density at radius 3 is 2.46 bits per heavy atom. The van der Waals surface area contributed by atoms with Crippen LogP contribution in [0.3, 0.4) is 0 Å². The summed E-state index contributed by atoms with van der Waals surface area (Å²) >= 11 is 0. The molecule has 4 nitrogen and oxygen atoms in total. The van der Waals surface area contributed by atoms with Crippen molar-refractivity contribution in [2.45, 2.75) is 77.1 Å². The van der Waals surface area contributed by atoms with Crippen LogP contribution >= 0.6 is 0 Å². The van der Waals surface area contributed by atoms with Gasteiger partial charge in [0.2, 0.25) is 0 Å². The molecule has 2 bridgehead atoms. The number of nitrogens with one attached hydrogen (secondary N) is 1. The molecule has 0 saturated carbocycles. The smallest absolute Gasteiger partial charge is 0.410 e. The minimum atomic E-state index is -0.476. The lowest BCUT2D eigenvalue weighted by atomic mass is 9.97. The molecule has 1 amide bonds. The fraction of sp³-hybridized carbons (Fsp3) is 0.632. The second-order valence-corrected chi connectivity index (χ2v) is 8.07. The topological polar surface area (TPSA) is 41.6 Å². The van der Waals surface area contributed by atoms with Crippen LogP contribution in [0.1, 0.15) is 52.0 Å². The van der Waals surface area contributed by atoms with Gasteiger partial charge in [-0.2, -0.15) is 0 Å². The molecule has 2 fully saturated rings. The summed E-state index contributed by atoms with van der Waals surface area (Å²) in [6, 6.07) is 5.68. The van der Waals surface area contributed by atoms with Crippen molar-refractivity contribution in [3.05, 3.63) is 29.6 Å². The molecule has 3 rings (SSSR count). The Labute approximate surface area is 143 Å². The predicted molar refractivity (Wildman–Crippen MR) is 92.7 cm³/mol. The summed E-state index contributed by atoms with van der Waals surface area (Å²) in [5, 5.41) is 3.34. The molecule has 0 spiro atoms. The second kappa shape index (κ2) is 6.26. The van der Waals surface area contributed by atoms with Gasteiger partial charge in [-0.05, 0) is 71.1 Å². The standard InChI is InChI=1S/C19H27FN2O2/c1-12-5-8-16(20)17(9-12)21-13-10-14-6-7-15(11-13)22(14)18(23)24-19(2,3)4/h5,8-9,13-15,21H,6-7,10-11H2,1-4H3. The molecule has 2 aliphatic rings. The van der Waals surface area contributed by atoms with Gasteiger partial charge in [0.25, 0.3) is 0 Å². The Balaban J connectivity index is 1.67. The molecule has 2 unspecified atom stereocenters. The highest BCUT2D eigenvalue weighted by atomic mass is 19.1. The maximum atomic E-state index is 14.0. The number of benzene rings is 1. The van der Waals surface area contributed by atoms with Crippen molar-refractivity contribution in [2.75, 3.05) is 5.32 Å². The zero-order valence-corrected chi connectivity index (χ0v) is 14.9. The number of carbonyl (C=O) groups excluding carboxylic acids is 1. The number of rotatable bonds is 2. The number of halogens is 1. The quantitative estimate of drug-likeness (QED) is 0.867. The molecule has 2 saturated heterocycles. The number of anilines is 1. The average molecular weight is 334 g/mol. The molecular formula is C19H27FN2O2. The van der Waals surface area contributed by atoms with Crippen LogP contribution in [-0.2, 0) is 4.74 Å². The molecular weight excluding hydrogens is 307 g/mol. The van der Waals surface area contributed by atoms with E-state index in [1.807, 2.05) is 38.7 Å². The van der Waals surface area contributed by atoms with E-state index >= 15 is 0 Å². The van der Waals surface area contributed by atoms with Gasteiger partial charge in [0.1, 0.15) is 11.4 Å². The zero-order chi connectivity index (χ0) is 17.5. The Morgan fingerprint density at radius 1 is 1.25 bits per heavy atom. The Kier molecular flexibility index (Phi) is 4.45. The molecule has 5 heteroatoms. The van der Waals surface area contributed by atoms with Crippen LogP contribution in [0.2, 0.25) is 0 Å². The van der Waals surface area contributed by atoms with Crippen LogP contribution in [0.15, 0.2) is 18.2 Å². The summed E-state index contributed by atoms with van der Waals surface area (Å²) in [7, 11) is 0. The maximum absolute atomic E-state index is 14.0. The first-order chi connectivity index (χ1) is 11.2. The van der Waals surface area contributed by atoms with Gasteiger partial charge in [-0.25, -0.2) is 9.18 Å². The molecule has 24 heavy (non-hydrogen) atoms. The number of aryl methyl sites for hydroxylation is 1. The lowest BCUT2D eigenvalue weighted by molar-refractivity contribution is 0.00682. The highest BCUT2D eigenvalue weighted by molar-refractivity contribution is 5.69. The molecule has 0 aromatic heterocycles. The molecule has 0 radical (unpaired) electrons. The van der Waals surface area contributed by atoms with Crippen molar-refractivity contribution in [3.8, 4) is 0 Å². The van der Waals surface area contributed by atoms with Crippen molar-refractivity contribution in [1.82, 2.24) is 4.90 Å². The molecule has 1 aromatic carbocycles. The summed E-state index contributed by atoms with van der Waals surface area (Å²) in [4.78, 5) is 14.4. The van der Waals surface area contributed by atoms with Crippen molar-refractivity contribution in [1.29, 1.82) is 0 Å². The van der Waals surface area contributed by atoms with Crippen molar-refractivity contribution < 1.29 is 13.9 Å². The lowest BCUT2D eigenvalue weighted by Crippen LogP contribution is -2.51. The fourth-order valence-corrected chi connectivity index (χ4v) is 3.88. The lowest BCUT2D eigenvalue weighted by Gasteiger charge is -2.40. The van der Waals surface area contributed by atoms with E-state index in [2.05, 4.69) is 5.32 Å². The van der Waals surface area contributed by atoms with Crippen LogP contribution in [0.25, 0.3) is 0 Å². The van der Waals surface area contributed by atoms with Crippen molar-refractivity contribution >= 4 is 11.8 Å². The van der Waals surface area contributed by atoms with Gasteiger partial charge >= 0.3 is 6.09 Å². The molecule has 1 aromatic rings. The second-order valence-electron chi connectivity index (χ2n) is 8.07. The van der Waals surface area contributed by atoms with Crippen molar-refractivity contribution in [2.24, 2.45) is 0 Å². The van der Waals surface area contributed by atoms with Crippen LogP contribution in [-0.4, -0.2) is 34.7 Å². The molecule has 132 valence electrons. The Morgan fingerprint density at radius 2 is 1.88 bits per heavy atom. The zero-order valence-electron chi connectivity index (χ0n) is 14.9. The first-order valence-corrected chi connectivity index (χ1v) is 8.77. The minimum Gasteiger partial charge on any atom is -0.444 e. The van der Waals surface area contributed by atoms with E-state index in [-0.39, 0.29) is 30.0 Å². The first-order valence-electron chi connectivity index (χ1n) is 8.77. The van der Waals surface area contributed by atoms with Gasteiger partial charge in [0.05, 0.1) is 5.69 Å². The van der Waals surface area contributed by atoms with E-state index in [0.717, 1.165) is 31.2 Å². The fourth-order valence-electron chi connectivity index (χ4n) is 3.88. The van der Waals surface area contributed by atoms with Crippen LogP contribution in [0.5, 0.6) is 0 Å². The van der Waals surface area contributed by atoms with Crippen LogP contribution in [0.4, 0.5) is 14.9 Å². The third kappa shape index (κ3) is 3.65. The number of ether oxygens (including phenoxy) is 1. The summed E-state index contributed by atoms with van der Waals surface area (Å²) < 4.78 is 19.5. The third-order valence-corrected chi connectivity index (χ3v) is 4.82. The number of hydrogen-bond acceptors (Lipinski definition) is 3. The van der Waals surface area contributed by atoms with E-state index in [1.165, 1.54) is 6.07 Å². The van der Waals surface area contributed by atoms with Crippen molar-refractivity contribution in [3.63, 3.8) is 0 Å². The summed E-state index contributed by atoms with van der Waals surface area (Å²) in [6.45, 7) is 7.63. The normalized spacial score (nSPS) is 26.4. The highest BCUT2D eigenvalue weighted by Gasteiger charge is 2.44. The monoisotopic (exact) mass is 334 g/mol. The molecule has 2 heterocycles. The van der Waals surface area contributed by atoms with Crippen LogP contribution in [0, 0.1) is 12.7 Å². The largest absolute Gasteiger partial charge is 0.444 e. The number of nitrogens with zero attached hydrogens (tertiary/aromatic N) is 1. The van der Waals surface area contributed by atoms with Gasteiger partial charge in [-0.1, -0.05) is 6.07 Å². The van der Waals surface area contributed by atoms with Crippen LogP contribution < -0.4 is 5.32 Å². The molecule has 2 atom stereocenters. The third-order valence-electron chi connectivity index (χ3n) is 4.82. The first kappa shape index (κ1) is 17.1. The number of hydrogen-bond donors (Lipinski definition) is 1. The highest BCUT2D eigenvalue weighted by Crippen LogP contribution is 2.38. The molecule has 0 aliphatic carbocycles. The minimum absolute atomic E-state index is 0.184. The van der Waals surface area contributed by atoms with E-state index in [0.29, 0.717) is 5.69 Å². The number of amides is 1. The maximum Gasteiger partial charge on any atom is 0.410 e. The van der Waals surface area contributed by atoms with Gasteiger partial charge in [0, 0.05) is 18.1 Å². The molecule has 2 aliphatic heterocycles. The van der Waals surface area contributed by atoms with E-state index in [9.17, 15) is 9.18 Å². The number of fused-ring (bicyclic) bond motifs is 2. The van der Waals surface area contributed by atoms with Gasteiger partial charge in [-0.3, -0.25) is 0 Å². The van der Waals surface area contributed by atoms with Gasteiger partial charge in [-0.15, -0.1) is 0 Å². The predicted octanol–water partition coefficient (Wildman–Crippen LogP) is 4.48. The number of carbonyl (C=O) groups is 1. The Hall–Kier alpha value is -1.78. The summed E-state index contributed by atoms with van der Waals surface area (Å²) in [5.41, 5.74) is 1.12. The van der Waals surface area contributed by atoms with E-state index in [1.54, 1.807) is 6.07 Å². The van der Waals surface area contributed by atoms with E-state index < -0.39 is 5.60 Å².